The number of phosphoric acid groups is 2. The van der Waals surface area contributed by atoms with Gasteiger partial charge in [-0.05, 0) is 43.4 Å². The Kier molecular flexibility index (Phi) is 72.8. The van der Waals surface area contributed by atoms with Crippen LogP contribution in [0.25, 0.3) is 0 Å². The molecule has 3 N–H and O–H groups in total. The predicted molar refractivity (Wildman–Crippen MR) is 423 cm³/mol. The summed E-state index contributed by atoms with van der Waals surface area (Å²) in [5, 5.41) is 10.7. The molecular formula is C84H164O17P2. The van der Waals surface area contributed by atoms with Crippen molar-refractivity contribution in [1.29, 1.82) is 0 Å². The summed E-state index contributed by atoms with van der Waals surface area (Å²) < 4.78 is 68.8. The lowest BCUT2D eigenvalue weighted by Gasteiger charge is -2.21. The predicted octanol–water partition coefficient (Wildman–Crippen LogP) is 25.3. The van der Waals surface area contributed by atoms with E-state index in [-0.39, 0.29) is 25.7 Å². The molecule has 0 radical (unpaired) electrons. The van der Waals surface area contributed by atoms with Crippen LogP contribution in [0, 0.1) is 17.8 Å². The number of ether oxygens (including phenoxy) is 4. The summed E-state index contributed by atoms with van der Waals surface area (Å²) in [4.78, 5) is 73.1. The van der Waals surface area contributed by atoms with Crippen LogP contribution >= 0.6 is 15.6 Å². The van der Waals surface area contributed by atoms with Crippen molar-refractivity contribution in [3.05, 3.63) is 0 Å². The third kappa shape index (κ3) is 76.6. The third-order valence-electron chi connectivity index (χ3n) is 20.0. The van der Waals surface area contributed by atoms with Crippen molar-refractivity contribution >= 4 is 39.5 Å². The molecule has 0 aliphatic carbocycles. The van der Waals surface area contributed by atoms with Gasteiger partial charge in [0.2, 0.25) is 0 Å². The molecule has 0 bridgehead atoms. The molecule has 0 heterocycles. The Morgan fingerprint density at radius 1 is 0.282 bits per heavy atom. The largest absolute Gasteiger partial charge is 0.472 e. The molecule has 0 aliphatic rings. The van der Waals surface area contributed by atoms with Crippen LogP contribution in [0.2, 0.25) is 0 Å². The number of aliphatic hydroxyl groups is 1. The first kappa shape index (κ1) is 101. The summed E-state index contributed by atoms with van der Waals surface area (Å²) in [6.07, 6.45) is 64.0. The van der Waals surface area contributed by atoms with Crippen molar-refractivity contribution in [3.8, 4) is 0 Å². The van der Waals surface area contributed by atoms with Crippen LogP contribution in [0.5, 0.6) is 0 Å². The van der Waals surface area contributed by atoms with Crippen LogP contribution in [-0.2, 0) is 65.4 Å². The third-order valence-corrected chi connectivity index (χ3v) is 21.9. The lowest BCUT2D eigenvalue weighted by Crippen LogP contribution is -2.30. The Labute approximate surface area is 632 Å². The van der Waals surface area contributed by atoms with Crippen molar-refractivity contribution in [2.75, 3.05) is 39.6 Å². The molecular weight excluding hydrogens is 1340 g/mol. The maximum Gasteiger partial charge on any atom is 0.472 e. The Hall–Kier alpha value is -1.94. The number of carbonyl (C=O) groups excluding carboxylic acids is 4. The molecule has 0 aliphatic heterocycles. The average Bonchev–Trinajstić information content (AvgIpc) is 0.908. The minimum atomic E-state index is -4.97. The molecule has 3 unspecified atom stereocenters. The van der Waals surface area contributed by atoms with Crippen LogP contribution in [0.3, 0.4) is 0 Å². The summed E-state index contributed by atoms with van der Waals surface area (Å²) in [5.41, 5.74) is 0. The van der Waals surface area contributed by atoms with E-state index in [1.807, 2.05) is 0 Å². The van der Waals surface area contributed by atoms with Crippen LogP contribution in [-0.4, -0.2) is 96.7 Å². The molecule has 612 valence electrons. The van der Waals surface area contributed by atoms with Gasteiger partial charge in [-0.1, -0.05) is 389 Å². The van der Waals surface area contributed by atoms with Crippen LogP contribution < -0.4 is 0 Å². The fourth-order valence-corrected chi connectivity index (χ4v) is 14.6. The lowest BCUT2D eigenvalue weighted by molar-refractivity contribution is -0.161. The van der Waals surface area contributed by atoms with Gasteiger partial charge in [-0.25, -0.2) is 9.13 Å². The van der Waals surface area contributed by atoms with E-state index in [0.717, 1.165) is 114 Å². The second-order valence-electron chi connectivity index (χ2n) is 31.4. The van der Waals surface area contributed by atoms with Gasteiger partial charge < -0.3 is 33.8 Å². The van der Waals surface area contributed by atoms with E-state index >= 15 is 0 Å². The molecule has 0 aromatic carbocycles. The Balaban J connectivity index is 5.23. The molecule has 0 aromatic heterocycles. The van der Waals surface area contributed by atoms with E-state index in [4.69, 9.17) is 37.0 Å². The minimum absolute atomic E-state index is 0.106. The zero-order valence-corrected chi connectivity index (χ0v) is 69.6. The lowest BCUT2D eigenvalue weighted by atomic mass is 10.00. The van der Waals surface area contributed by atoms with Crippen LogP contribution in [0.15, 0.2) is 0 Å². The first-order valence-corrected chi connectivity index (χ1v) is 46.4. The molecule has 0 saturated heterocycles. The van der Waals surface area contributed by atoms with Gasteiger partial charge in [0.1, 0.15) is 19.3 Å². The molecule has 0 aromatic rings. The number of carbonyl (C=O) groups is 4. The fraction of sp³-hybridized carbons (Fsp3) is 0.952. The highest BCUT2D eigenvalue weighted by Crippen LogP contribution is 2.45. The maximum absolute atomic E-state index is 13.1. The van der Waals surface area contributed by atoms with Crippen molar-refractivity contribution < 1.29 is 80.2 Å². The standard InChI is InChI=1S/C84H164O17P2/c1-8-10-11-12-13-14-15-16-17-18-19-20-21-22-25-29-34-39-44-53-60-67-83(88)100-79(71-94-81(86)65-58-51-43-38-33-28-26-23-24-27-31-36-41-48-55-62-75(3)4)73-98-102(90,91)96-69-78(85)70-97-103(92,93)99-74-80(72-95-82(87)66-59-52-47-46-50-57-64-77(7)9-2)101-84(89)68-61-54-45-40-35-30-32-37-42-49-56-63-76(5)6/h75-80,85H,8-74H2,1-7H3,(H,90,91)(H,92,93)/t77?,78-,79-,80-/m1/s1. The number of hydrogen-bond donors (Lipinski definition) is 3. The smallest absolute Gasteiger partial charge is 0.462 e. The topological polar surface area (TPSA) is 237 Å². The Bertz CT molecular complexity index is 1990. The van der Waals surface area contributed by atoms with E-state index in [1.54, 1.807) is 0 Å². The van der Waals surface area contributed by atoms with Gasteiger partial charge >= 0.3 is 39.5 Å². The summed E-state index contributed by atoms with van der Waals surface area (Å²) in [5.74, 6) is 0.193. The number of rotatable bonds is 82. The van der Waals surface area contributed by atoms with Crippen molar-refractivity contribution in [2.24, 2.45) is 17.8 Å². The molecule has 0 saturated carbocycles. The molecule has 0 rings (SSSR count). The van der Waals surface area contributed by atoms with E-state index < -0.39 is 97.5 Å². The molecule has 103 heavy (non-hydrogen) atoms. The minimum Gasteiger partial charge on any atom is -0.462 e. The SMILES string of the molecule is CCCCCCCCCCCCCCCCCCCCCCCC(=O)O[C@H](COC(=O)CCCCCCCCCCCCCCCCCC(C)C)COP(=O)(O)OC[C@@H](O)COP(=O)(O)OC[C@@H](COC(=O)CCCCCCCCC(C)CC)OC(=O)CCCCCCCCCCCCCC(C)C. The highest BCUT2D eigenvalue weighted by atomic mass is 31.2. The van der Waals surface area contributed by atoms with E-state index in [0.29, 0.717) is 25.7 Å². The van der Waals surface area contributed by atoms with Gasteiger partial charge in [0.05, 0.1) is 26.4 Å². The highest BCUT2D eigenvalue weighted by Gasteiger charge is 2.30. The highest BCUT2D eigenvalue weighted by molar-refractivity contribution is 7.47. The monoisotopic (exact) mass is 1510 g/mol. The van der Waals surface area contributed by atoms with Gasteiger partial charge in [0.15, 0.2) is 12.2 Å². The number of esters is 4. The van der Waals surface area contributed by atoms with E-state index in [1.165, 1.54) is 244 Å². The molecule has 6 atom stereocenters. The van der Waals surface area contributed by atoms with E-state index in [9.17, 15) is 43.2 Å². The molecule has 0 amide bonds. The first-order chi connectivity index (χ1) is 49.8. The average molecular weight is 1510 g/mol. The Morgan fingerprint density at radius 2 is 0.495 bits per heavy atom. The summed E-state index contributed by atoms with van der Waals surface area (Å²) >= 11 is 0. The number of hydrogen-bond acceptors (Lipinski definition) is 15. The number of aliphatic hydroxyl groups excluding tert-OH is 1. The van der Waals surface area contributed by atoms with Gasteiger partial charge in [0, 0.05) is 25.7 Å². The van der Waals surface area contributed by atoms with Crippen LogP contribution in [0.4, 0.5) is 0 Å². The molecule has 17 nitrogen and oxygen atoms in total. The first-order valence-electron chi connectivity index (χ1n) is 43.4. The quantitative estimate of drug-likeness (QED) is 0.0222. The van der Waals surface area contributed by atoms with Crippen molar-refractivity contribution in [1.82, 2.24) is 0 Å². The maximum atomic E-state index is 13.1. The van der Waals surface area contributed by atoms with Gasteiger partial charge in [-0.3, -0.25) is 37.3 Å². The Morgan fingerprint density at radius 3 is 0.738 bits per heavy atom. The number of phosphoric ester groups is 2. The van der Waals surface area contributed by atoms with Gasteiger partial charge in [-0.2, -0.15) is 0 Å². The second kappa shape index (κ2) is 74.2. The fourth-order valence-electron chi connectivity index (χ4n) is 13.0. The van der Waals surface area contributed by atoms with Crippen molar-refractivity contribution in [2.45, 2.75) is 458 Å². The zero-order valence-electron chi connectivity index (χ0n) is 67.8. The molecule has 0 fully saturated rings. The zero-order chi connectivity index (χ0) is 75.8. The van der Waals surface area contributed by atoms with Gasteiger partial charge in [0.25, 0.3) is 0 Å². The van der Waals surface area contributed by atoms with Crippen LogP contribution in [0.1, 0.15) is 440 Å². The molecule has 19 heteroatoms. The molecule has 0 spiro atoms. The summed E-state index contributed by atoms with van der Waals surface area (Å²) in [6, 6.07) is 0. The summed E-state index contributed by atoms with van der Waals surface area (Å²) in [7, 11) is -9.93. The van der Waals surface area contributed by atoms with Gasteiger partial charge in [-0.15, -0.1) is 0 Å². The van der Waals surface area contributed by atoms with E-state index in [2.05, 4.69) is 48.5 Å². The summed E-state index contributed by atoms with van der Waals surface area (Å²) in [6.45, 7) is 11.9. The van der Waals surface area contributed by atoms with Crippen molar-refractivity contribution in [3.63, 3.8) is 0 Å². The second-order valence-corrected chi connectivity index (χ2v) is 34.3. The number of unbranched alkanes of at least 4 members (excludes halogenated alkanes) is 49. The normalized spacial score (nSPS) is 14.2.